The van der Waals surface area contributed by atoms with Crippen LogP contribution in [0.4, 0.5) is 0 Å². The largest absolute Gasteiger partial charge is 0.339 e. The fraction of sp³-hybridized carbons (Fsp3) is 1.00. The maximum atomic E-state index is 10.6. The monoisotopic (exact) mass is 207 g/mol. The summed E-state index contributed by atoms with van der Waals surface area (Å²) in [6.45, 7) is 0. The van der Waals surface area contributed by atoms with Crippen LogP contribution in [0.15, 0.2) is 0 Å². The molecule has 1 aliphatic carbocycles. The summed E-state index contributed by atoms with van der Waals surface area (Å²) < 4.78 is 10.6. The molecule has 0 heterocycles. The Balaban J connectivity index is 2.23. The fourth-order valence-electron chi connectivity index (χ4n) is 1.73. The van der Waals surface area contributed by atoms with Crippen LogP contribution in [-0.4, -0.2) is 22.1 Å². The minimum absolute atomic E-state index is 0.169. The SMILES string of the molecule is O=P(O)(O)CNC1CCCCCC1. The van der Waals surface area contributed by atoms with Crippen molar-refractivity contribution in [2.45, 2.75) is 44.6 Å². The van der Waals surface area contributed by atoms with Crippen molar-refractivity contribution < 1.29 is 14.4 Å². The Hall–Kier alpha value is 0.110. The number of nitrogens with one attached hydrogen (secondary N) is 1. The molecule has 0 aromatic rings. The van der Waals surface area contributed by atoms with Crippen molar-refractivity contribution in [1.82, 2.24) is 5.32 Å². The van der Waals surface area contributed by atoms with Crippen molar-refractivity contribution in [3.8, 4) is 0 Å². The molecule has 0 saturated heterocycles. The third-order valence-electron chi connectivity index (χ3n) is 2.44. The van der Waals surface area contributed by atoms with Gasteiger partial charge in [-0.2, -0.15) is 0 Å². The van der Waals surface area contributed by atoms with Crippen molar-refractivity contribution >= 4 is 7.60 Å². The molecule has 78 valence electrons. The van der Waals surface area contributed by atoms with Gasteiger partial charge in [-0.15, -0.1) is 0 Å². The van der Waals surface area contributed by atoms with Crippen LogP contribution in [0.25, 0.3) is 0 Å². The van der Waals surface area contributed by atoms with Crippen molar-refractivity contribution in [2.75, 3.05) is 6.29 Å². The molecule has 0 aliphatic heterocycles. The van der Waals surface area contributed by atoms with Gasteiger partial charge >= 0.3 is 7.60 Å². The maximum Gasteiger partial charge on any atom is 0.339 e. The molecule has 0 aromatic heterocycles. The van der Waals surface area contributed by atoms with Crippen molar-refractivity contribution in [3.05, 3.63) is 0 Å². The first kappa shape index (κ1) is 11.2. The molecule has 1 saturated carbocycles. The molecule has 13 heavy (non-hydrogen) atoms. The lowest BCUT2D eigenvalue weighted by Crippen LogP contribution is -2.29. The van der Waals surface area contributed by atoms with Gasteiger partial charge < -0.3 is 15.1 Å². The van der Waals surface area contributed by atoms with Crippen LogP contribution in [0.2, 0.25) is 0 Å². The Bertz CT molecular complexity index is 184. The summed E-state index contributed by atoms with van der Waals surface area (Å²) >= 11 is 0. The van der Waals surface area contributed by atoms with Gasteiger partial charge in [-0.25, -0.2) is 0 Å². The van der Waals surface area contributed by atoms with E-state index in [9.17, 15) is 4.57 Å². The second kappa shape index (κ2) is 5.11. The van der Waals surface area contributed by atoms with Gasteiger partial charge in [-0.1, -0.05) is 25.7 Å². The highest BCUT2D eigenvalue weighted by Gasteiger charge is 2.17. The minimum Gasteiger partial charge on any atom is -0.324 e. The van der Waals surface area contributed by atoms with Crippen molar-refractivity contribution in [1.29, 1.82) is 0 Å². The van der Waals surface area contributed by atoms with Crippen molar-refractivity contribution in [3.63, 3.8) is 0 Å². The highest BCUT2D eigenvalue weighted by molar-refractivity contribution is 7.51. The van der Waals surface area contributed by atoms with E-state index in [2.05, 4.69) is 5.32 Å². The van der Waals surface area contributed by atoms with Gasteiger partial charge in [0, 0.05) is 6.04 Å². The smallest absolute Gasteiger partial charge is 0.324 e. The van der Waals surface area contributed by atoms with E-state index in [0.29, 0.717) is 6.04 Å². The van der Waals surface area contributed by atoms with Crippen LogP contribution in [0.3, 0.4) is 0 Å². The Labute approximate surface area is 78.9 Å². The van der Waals surface area contributed by atoms with E-state index in [1.54, 1.807) is 0 Å². The molecular weight excluding hydrogens is 189 g/mol. The van der Waals surface area contributed by atoms with E-state index in [1.165, 1.54) is 25.7 Å². The maximum absolute atomic E-state index is 10.6. The third-order valence-corrected chi connectivity index (χ3v) is 3.04. The van der Waals surface area contributed by atoms with Gasteiger partial charge in [-0.05, 0) is 12.8 Å². The molecule has 0 bridgehead atoms. The highest BCUT2D eigenvalue weighted by atomic mass is 31.2. The second-order valence-electron chi connectivity index (χ2n) is 3.72. The van der Waals surface area contributed by atoms with Crippen LogP contribution >= 0.6 is 7.60 Å². The first-order chi connectivity index (χ1) is 6.08. The number of hydrogen-bond acceptors (Lipinski definition) is 2. The highest BCUT2D eigenvalue weighted by Crippen LogP contribution is 2.32. The van der Waals surface area contributed by atoms with E-state index in [-0.39, 0.29) is 6.29 Å². The summed E-state index contributed by atoms with van der Waals surface area (Å²) in [6.07, 6.45) is 6.82. The minimum atomic E-state index is -3.86. The molecule has 0 atom stereocenters. The lowest BCUT2D eigenvalue weighted by Gasteiger charge is -2.16. The Morgan fingerprint density at radius 1 is 1.15 bits per heavy atom. The zero-order valence-corrected chi connectivity index (χ0v) is 8.67. The summed E-state index contributed by atoms with van der Waals surface area (Å²) in [7, 11) is -3.86. The van der Waals surface area contributed by atoms with Crippen molar-refractivity contribution in [2.24, 2.45) is 0 Å². The Morgan fingerprint density at radius 2 is 1.69 bits per heavy atom. The molecule has 1 aliphatic rings. The van der Waals surface area contributed by atoms with E-state index in [4.69, 9.17) is 9.79 Å². The van der Waals surface area contributed by atoms with Gasteiger partial charge in [0.25, 0.3) is 0 Å². The Morgan fingerprint density at radius 3 is 2.15 bits per heavy atom. The second-order valence-corrected chi connectivity index (χ2v) is 5.36. The molecule has 0 amide bonds. The molecule has 0 aromatic carbocycles. The molecule has 4 nitrogen and oxygen atoms in total. The molecule has 5 heteroatoms. The summed E-state index contributed by atoms with van der Waals surface area (Å²) in [4.78, 5) is 17.3. The molecule has 0 unspecified atom stereocenters. The summed E-state index contributed by atoms with van der Waals surface area (Å²) in [5.41, 5.74) is 0. The van der Waals surface area contributed by atoms with Gasteiger partial charge in [0.2, 0.25) is 0 Å². The molecule has 3 N–H and O–H groups in total. The quantitative estimate of drug-likeness (QED) is 0.483. The summed E-state index contributed by atoms with van der Waals surface area (Å²) in [6, 6.07) is 0.315. The van der Waals surface area contributed by atoms with Crippen LogP contribution in [0, 0.1) is 0 Å². The average Bonchev–Trinajstić information content (AvgIpc) is 2.26. The van der Waals surface area contributed by atoms with Gasteiger partial charge in [0.1, 0.15) is 0 Å². The van der Waals surface area contributed by atoms with Crippen LogP contribution in [0.1, 0.15) is 38.5 Å². The first-order valence-corrected chi connectivity index (χ1v) is 6.66. The van der Waals surface area contributed by atoms with Gasteiger partial charge in [0.05, 0.1) is 6.29 Å². The normalized spacial score (nSPS) is 21.4. The van der Waals surface area contributed by atoms with Gasteiger partial charge in [-0.3, -0.25) is 4.57 Å². The van der Waals surface area contributed by atoms with E-state index >= 15 is 0 Å². The predicted octanol–water partition coefficient (Wildman–Crippen LogP) is 1.43. The summed E-state index contributed by atoms with van der Waals surface area (Å²) in [5.74, 6) is 0. The van der Waals surface area contributed by atoms with Gasteiger partial charge in [0.15, 0.2) is 0 Å². The summed E-state index contributed by atoms with van der Waals surface area (Å²) in [5, 5.41) is 2.94. The number of rotatable bonds is 3. The lowest BCUT2D eigenvalue weighted by atomic mass is 10.1. The number of hydrogen-bond donors (Lipinski definition) is 3. The lowest BCUT2D eigenvalue weighted by molar-refractivity contribution is 0.359. The third kappa shape index (κ3) is 5.42. The van der Waals surface area contributed by atoms with Crippen LogP contribution in [0.5, 0.6) is 0 Å². The molecule has 1 rings (SSSR count). The first-order valence-electron chi connectivity index (χ1n) is 4.86. The molecule has 0 radical (unpaired) electrons. The zero-order chi connectivity index (χ0) is 9.73. The van der Waals surface area contributed by atoms with E-state index in [1.807, 2.05) is 0 Å². The fourth-order valence-corrected chi connectivity index (χ4v) is 2.23. The van der Waals surface area contributed by atoms with Crippen LogP contribution < -0.4 is 5.32 Å². The van der Waals surface area contributed by atoms with E-state index in [0.717, 1.165) is 12.8 Å². The molecular formula is C8H18NO3P. The molecule has 0 spiro atoms. The molecule has 1 fully saturated rings. The predicted molar refractivity (Wildman–Crippen MR) is 51.5 cm³/mol. The van der Waals surface area contributed by atoms with Crippen LogP contribution in [-0.2, 0) is 4.57 Å². The zero-order valence-electron chi connectivity index (χ0n) is 7.78. The standard InChI is InChI=1S/C8H18NO3P/c10-13(11,12)7-9-8-5-3-1-2-4-6-8/h8-9H,1-7H2,(H2,10,11,12). The average molecular weight is 207 g/mol. The topological polar surface area (TPSA) is 69.6 Å². The Kier molecular flexibility index (Phi) is 4.39. The van der Waals surface area contributed by atoms with E-state index < -0.39 is 7.60 Å².